The van der Waals surface area contributed by atoms with Crippen molar-refractivity contribution >= 4 is 17.9 Å². The van der Waals surface area contributed by atoms with Crippen LogP contribution in [0.2, 0.25) is 0 Å². The number of allylic oxidation sites excluding steroid dienone is 14. The van der Waals surface area contributed by atoms with E-state index in [2.05, 4.69) is 106 Å². The molecule has 0 aromatic rings. The van der Waals surface area contributed by atoms with Crippen molar-refractivity contribution in [2.45, 2.75) is 245 Å². The molecular formula is C57H96O6. The summed E-state index contributed by atoms with van der Waals surface area (Å²) in [6.07, 6.45) is 65.9. The summed E-state index contributed by atoms with van der Waals surface area (Å²) in [4.78, 5) is 37.8. The average molecular weight is 877 g/mol. The lowest BCUT2D eigenvalue weighted by atomic mass is 10.1. The number of ether oxygens (including phenoxy) is 3. The van der Waals surface area contributed by atoms with Crippen LogP contribution in [0, 0.1) is 0 Å². The van der Waals surface area contributed by atoms with Gasteiger partial charge in [0.05, 0.1) is 0 Å². The molecule has 0 fully saturated rings. The molecular weight excluding hydrogens is 781 g/mol. The first kappa shape index (κ1) is 59.6. The molecule has 0 aromatic heterocycles. The molecule has 0 spiro atoms. The summed E-state index contributed by atoms with van der Waals surface area (Å²) >= 11 is 0. The molecule has 6 nitrogen and oxygen atoms in total. The fourth-order valence-electron chi connectivity index (χ4n) is 6.97. The summed E-state index contributed by atoms with van der Waals surface area (Å²) in [5, 5.41) is 0. The largest absolute Gasteiger partial charge is 0.462 e. The third-order valence-electron chi connectivity index (χ3n) is 10.9. The Bertz CT molecular complexity index is 1240. The highest BCUT2D eigenvalue weighted by Gasteiger charge is 2.19. The number of carbonyl (C=O) groups is 3. The zero-order valence-corrected chi connectivity index (χ0v) is 41.1. The van der Waals surface area contributed by atoms with Gasteiger partial charge >= 0.3 is 17.9 Å². The first-order valence-electron chi connectivity index (χ1n) is 26.1. The number of rotatable bonds is 46. The fourth-order valence-corrected chi connectivity index (χ4v) is 6.97. The molecule has 0 rings (SSSR count). The molecule has 0 aliphatic rings. The minimum atomic E-state index is -0.786. The molecule has 1 unspecified atom stereocenters. The second-order valence-electron chi connectivity index (χ2n) is 17.1. The molecule has 0 N–H and O–H groups in total. The van der Waals surface area contributed by atoms with Crippen molar-refractivity contribution in [3.63, 3.8) is 0 Å². The summed E-state index contributed by atoms with van der Waals surface area (Å²) < 4.78 is 16.7. The van der Waals surface area contributed by atoms with Gasteiger partial charge in [-0.3, -0.25) is 14.4 Å². The van der Waals surface area contributed by atoms with E-state index >= 15 is 0 Å². The van der Waals surface area contributed by atoms with Crippen LogP contribution in [0.5, 0.6) is 0 Å². The molecule has 0 amide bonds. The third kappa shape index (κ3) is 49.5. The van der Waals surface area contributed by atoms with Gasteiger partial charge < -0.3 is 14.2 Å². The molecule has 0 aliphatic heterocycles. The Hall–Kier alpha value is -3.41. The zero-order valence-electron chi connectivity index (χ0n) is 41.1. The van der Waals surface area contributed by atoms with E-state index in [9.17, 15) is 14.4 Å². The first-order chi connectivity index (χ1) is 31.0. The Morgan fingerprint density at radius 3 is 0.984 bits per heavy atom. The highest BCUT2D eigenvalue weighted by molar-refractivity contribution is 5.71. The maximum atomic E-state index is 12.8. The molecule has 0 aliphatic carbocycles. The van der Waals surface area contributed by atoms with Crippen LogP contribution in [0.25, 0.3) is 0 Å². The average Bonchev–Trinajstić information content (AvgIpc) is 3.28. The molecule has 0 heterocycles. The highest BCUT2D eigenvalue weighted by atomic mass is 16.6. The quantitative estimate of drug-likeness (QED) is 0.0262. The Kier molecular flexibility index (Phi) is 48.5. The number of carbonyl (C=O) groups excluding carboxylic acids is 3. The van der Waals surface area contributed by atoms with Gasteiger partial charge in [0, 0.05) is 19.3 Å². The van der Waals surface area contributed by atoms with E-state index in [4.69, 9.17) is 14.2 Å². The Balaban J connectivity index is 4.27. The molecule has 0 bridgehead atoms. The van der Waals surface area contributed by atoms with Crippen molar-refractivity contribution < 1.29 is 28.6 Å². The number of esters is 3. The van der Waals surface area contributed by atoms with Gasteiger partial charge in [-0.15, -0.1) is 0 Å². The van der Waals surface area contributed by atoms with E-state index in [-0.39, 0.29) is 31.1 Å². The lowest BCUT2D eigenvalue weighted by molar-refractivity contribution is -0.167. The number of unbranched alkanes of at least 4 members (excludes halogenated alkanes) is 21. The highest BCUT2D eigenvalue weighted by Crippen LogP contribution is 2.14. The van der Waals surface area contributed by atoms with Crippen LogP contribution in [0.15, 0.2) is 85.1 Å². The van der Waals surface area contributed by atoms with Gasteiger partial charge in [0.25, 0.3) is 0 Å². The van der Waals surface area contributed by atoms with Crippen molar-refractivity contribution in [2.75, 3.05) is 13.2 Å². The van der Waals surface area contributed by atoms with E-state index in [1.807, 2.05) is 0 Å². The lowest BCUT2D eigenvalue weighted by Gasteiger charge is -2.18. The molecule has 0 saturated heterocycles. The molecule has 1 atom stereocenters. The van der Waals surface area contributed by atoms with Crippen LogP contribution >= 0.6 is 0 Å². The summed E-state index contributed by atoms with van der Waals surface area (Å²) in [5.41, 5.74) is 0. The van der Waals surface area contributed by atoms with E-state index < -0.39 is 6.10 Å². The SMILES string of the molecule is CC/C=C\C/C=C\C/C=C\C/C=C\C/C=C\CCCCCCCC(=O)OCC(COC(=O)CCCCCCCC)OC(=O)CCCCCCCCC/C=C\C/C=C\CCCCCC. The monoisotopic (exact) mass is 877 g/mol. The van der Waals surface area contributed by atoms with Crippen molar-refractivity contribution in [3.05, 3.63) is 85.1 Å². The van der Waals surface area contributed by atoms with E-state index in [0.29, 0.717) is 19.3 Å². The van der Waals surface area contributed by atoms with Crippen molar-refractivity contribution in [3.8, 4) is 0 Å². The van der Waals surface area contributed by atoms with Gasteiger partial charge in [-0.1, -0.05) is 209 Å². The number of hydrogen-bond acceptors (Lipinski definition) is 6. The molecule has 360 valence electrons. The lowest BCUT2D eigenvalue weighted by Crippen LogP contribution is -2.30. The van der Waals surface area contributed by atoms with Crippen molar-refractivity contribution in [1.29, 1.82) is 0 Å². The normalized spacial score (nSPS) is 12.7. The topological polar surface area (TPSA) is 78.9 Å². The van der Waals surface area contributed by atoms with E-state index in [1.54, 1.807) is 0 Å². The van der Waals surface area contributed by atoms with Crippen LogP contribution < -0.4 is 0 Å². The standard InChI is InChI=1S/C57H96O6/c1-4-7-10-13-16-18-20-22-24-26-28-29-30-32-33-35-37-39-41-44-47-50-56(59)62-53-54(52-61-55(58)49-46-43-15-12-9-6-3)63-57(60)51-48-45-42-40-38-36-34-31-27-25-23-21-19-17-14-11-8-5-2/h7,10,16,18-19,21-22,24-25,27-29,32-33,54H,4-6,8-9,11-15,17,20,23,26,30-31,34-53H2,1-3H3/b10-7-,18-16-,21-19-,24-22-,27-25-,29-28-,33-32-. The minimum absolute atomic E-state index is 0.0867. The molecule has 63 heavy (non-hydrogen) atoms. The predicted molar refractivity (Wildman–Crippen MR) is 270 cm³/mol. The smallest absolute Gasteiger partial charge is 0.306 e. The number of hydrogen-bond donors (Lipinski definition) is 0. The van der Waals surface area contributed by atoms with Gasteiger partial charge in [-0.05, 0) is 96.3 Å². The van der Waals surface area contributed by atoms with Crippen molar-refractivity contribution in [2.24, 2.45) is 0 Å². The second kappa shape index (κ2) is 51.2. The summed E-state index contributed by atoms with van der Waals surface area (Å²) in [5.74, 6) is -0.925. The third-order valence-corrected chi connectivity index (χ3v) is 10.9. The summed E-state index contributed by atoms with van der Waals surface area (Å²) in [7, 11) is 0. The Morgan fingerprint density at radius 2 is 0.619 bits per heavy atom. The summed E-state index contributed by atoms with van der Waals surface area (Å²) in [6, 6.07) is 0. The van der Waals surface area contributed by atoms with E-state index in [0.717, 1.165) is 122 Å². The van der Waals surface area contributed by atoms with Crippen LogP contribution in [-0.2, 0) is 28.6 Å². The Morgan fingerprint density at radius 1 is 0.333 bits per heavy atom. The van der Waals surface area contributed by atoms with Crippen molar-refractivity contribution in [1.82, 2.24) is 0 Å². The fraction of sp³-hybridized carbons (Fsp3) is 0.702. The van der Waals surface area contributed by atoms with Crippen LogP contribution in [-0.4, -0.2) is 37.2 Å². The van der Waals surface area contributed by atoms with Gasteiger partial charge in [0.15, 0.2) is 6.10 Å². The molecule has 0 saturated carbocycles. The summed E-state index contributed by atoms with van der Waals surface area (Å²) in [6.45, 7) is 6.42. The minimum Gasteiger partial charge on any atom is -0.462 e. The van der Waals surface area contributed by atoms with Crippen LogP contribution in [0.3, 0.4) is 0 Å². The van der Waals surface area contributed by atoms with Gasteiger partial charge in [-0.25, -0.2) is 0 Å². The van der Waals surface area contributed by atoms with E-state index in [1.165, 1.54) is 77.0 Å². The molecule has 6 heteroatoms. The van der Waals surface area contributed by atoms with Gasteiger partial charge in [0.1, 0.15) is 13.2 Å². The van der Waals surface area contributed by atoms with Gasteiger partial charge in [0.2, 0.25) is 0 Å². The predicted octanol–water partition coefficient (Wildman–Crippen LogP) is 17.2. The van der Waals surface area contributed by atoms with Crippen LogP contribution in [0.1, 0.15) is 239 Å². The Labute approximate surface area is 388 Å². The van der Waals surface area contributed by atoms with Crippen LogP contribution in [0.4, 0.5) is 0 Å². The molecule has 0 radical (unpaired) electrons. The maximum Gasteiger partial charge on any atom is 0.306 e. The second-order valence-corrected chi connectivity index (χ2v) is 17.1. The van der Waals surface area contributed by atoms with Gasteiger partial charge in [-0.2, -0.15) is 0 Å². The zero-order chi connectivity index (χ0) is 45.8. The first-order valence-corrected chi connectivity index (χ1v) is 26.1. The molecule has 0 aromatic carbocycles. The maximum absolute atomic E-state index is 12.8.